The predicted molar refractivity (Wildman–Crippen MR) is 89.4 cm³/mol. The summed E-state index contributed by atoms with van der Waals surface area (Å²) in [6.45, 7) is 0.606. The molecule has 3 rings (SSSR count). The lowest BCUT2D eigenvalue weighted by atomic mass is 10.1. The molecule has 3 aromatic rings. The van der Waals surface area contributed by atoms with Gasteiger partial charge in [0.05, 0.1) is 0 Å². The molecule has 0 aromatic heterocycles. The fourth-order valence-corrected chi connectivity index (χ4v) is 2.93. The summed E-state index contributed by atoms with van der Waals surface area (Å²) in [7, 11) is 0. The number of rotatable bonds is 3. The molecule has 0 aliphatic carbocycles. The third kappa shape index (κ3) is 3.07. The van der Waals surface area contributed by atoms with Gasteiger partial charge in [0, 0.05) is 33.0 Å². The van der Waals surface area contributed by atoms with Crippen LogP contribution in [0.25, 0.3) is 10.8 Å². The lowest BCUT2D eigenvalue weighted by Crippen LogP contribution is -2.00. The first-order valence-corrected chi connectivity index (χ1v) is 7.28. The van der Waals surface area contributed by atoms with E-state index in [0.717, 1.165) is 22.0 Å². The Balaban J connectivity index is 1.90. The van der Waals surface area contributed by atoms with Gasteiger partial charge in [-0.2, -0.15) is 0 Å². The molecule has 0 amide bonds. The van der Waals surface area contributed by atoms with Crippen LogP contribution >= 0.6 is 23.2 Å². The minimum absolute atomic E-state index is 0.280. The van der Waals surface area contributed by atoms with Gasteiger partial charge in [-0.3, -0.25) is 0 Å². The Hall–Kier alpha value is -1.90. The Morgan fingerprint density at radius 1 is 0.857 bits per heavy atom. The number of phenolic OH excluding ortho intramolecular Hbond substituents is 1. The van der Waals surface area contributed by atoms with Crippen LogP contribution in [-0.4, -0.2) is 5.11 Å². The number of nitrogens with one attached hydrogen (secondary N) is 1. The molecule has 21 heavy (non-hydrogen) atoms. The fraction of sp³-hybridized carbons (Fsp3) is 0.0588. The van der Waals surface area contributed by atoms with Crippen LogP contribution in [0.5, 0.6) is 5.75 Å². The van der Waals surface area contributed by atoms with Crippen molar-refractivity contribution >= 4 is 39.7 Å². The van der Waals surface area contributed by atoms with Crippen LogP contribution in [-0.2, 0) is 6.54 Å². The molecule has 0 spiro atoms. The summed E-state index contributed by atoms with van der Waals surface area (Å²) in [4.78, 5) is 0. The van der Waals surface area contributed by atoms with Gasteiger partial charge in [0.15, 0.2) is 0 Å². The number of phenols is 1. The summed E-state index contributed by atoms with van der Waals surface area (Å²) in [6, 6.07) is 16.7. The molecule has 0 saturated heterocycles. The Morgan fingerprint density at radius 3 is 2.29 bits per heavy atom. The number of hydrogen-bond donors (Lipinski definition) is 2. The molecular weight excluding hydrogens is 305 g/mol. The first kappa shape index (κ1) is 14.1. The summed E-state index contributed by atoms with van der Waals surface area (Å²) in [5, 5.41) is 16.3. The molecule has 0 fully saturated rings. The number of aromatic hydroxyl groups is 1. The van der Waals surface area contributed by atoms with E-state index >= 15 is 0 Å². The van der Waals surface area contributed by atoms with Gasteiger partial charge in [-0.05, 0) is 35.9 Å². The van der Waals surface area contributed by atoms with E-state index in [9.17, 15) is 5.11 Å². The van der Waals surface area contributed by atoms with E-state index < -0.39 is 0 Å². The third-order valence-electron chi connectivity index (χ3n) is 3.30. The average molecular weight is 318 g/mol. The van der Waals surface area contributed by atoms with Crippen LogP contribution in [0.15, 0.2) is 54.6 Å². The summed E-state index contributed by atoms with van der Waals surface area (Å²) in [5.74, 6) is 0.280. The molecule has 0 bridgehead atoms. The zero-order valence-corrected chi connectivity index (χ0v) is 12.6. The van der Waals surface area contributed by atoms with E-state index in [1.54, 1.807) is 12.1 Å². The monoisotopic (exact) mass is 317 g/mol. The molecule has 3 aromatic carbocycles. The van der Waals surface area contributed by atoms with Gasteiger partial charge in [-0.25, -0.2) is 0 Å². The Labute approximate surface area is 132 Å². The van der Waals surface area contributed by atoms with E-state index in [4.69, 9.17) is 23.2 Å². The number of hydrogen-bond acceptors (Lipinski definition) is 2. The fourth-order valence-electron chi connectivity index (χ4n) is 2.36. The highest BCUT2D eigenvalue weighted by molar-refractivity contribution is 6.34. The van der Waals surface area contributed by atoms with E-state index in [2.05, 4.69) is 5.32 Å². The van der Waals surface area contributed by atoms with Gasteiger partial charge in [0.1, 0.15) is 5.75 Å². The molecule has 4 heteroatoms. The highest BCUT2D eigenvalue weighted by atomic mass is 35.5. The normalized spacial score (nSPS) is 10.8. The van der Waals surface area contributed by atoms with Gasteiger partial charge < -0.3 is 10.4 Å². The average Bonchev–Trinajstić information content (AvgIpc) is 2.45. The lowest BCUT2D eigenvalue weighted by molar-refractivity contribution is 0.481. The standard InChI is InChI=1S/C17H13Cl2NO/c18-12-7-11(8-13(19)9-12)10-20-16-5-1-4-15-14(16)3-2-6-17(15)21/h1-9,20-21H,10H2. The summed E-state index contributed by atoms with van der Waals surface area (Å²) in [6.07, 6.45) is 0. The van der Waals surface area contributed by atoms with Crippen LogP contribution in [0.3, 0.4) is 0 Å². The van der Waals surface area contributed by atoms with Gasteiger partial charge in [-0.15, -0.1) is 0 Å². The van der Waals surface area contributed by atoms with E-state index in [1.165, 1.54) is 0 Å². The second-order valence-electron chi connectivity index (χ2n) is 4.81. The van der Waals surface area contributed by atoms with Crippen LogP contribution in [0.4, 0.5) is 5.69 Å². The van der Waals surface area contributed by atoms with Crippen LogP contribution in [0.1, 0.15) is 5.56 Å². The molecular formula is C17H13Cl2NO. The largest absolute Gasteiger partial charge is 0.507 e. The third-order valence-corrected chi connectivity index (χ3v) is 3.74. The van der Waals surface area contributed by atoms with Crippen molar-refractivity contribution in [1.29, 1.82) is 0 Å². The topological polar surface area (TPSA) is 32.3 Å². The highest BCUT2D eigenvalue weighted by Gasteiger charge is 2.04. The molecule has 106 valence electrons. The van der Waals surface area contributed by atoms with Crippen molar-refractivity contribution in [3.05, 3.63) is 70.2 Å². The highest BCUT2D eigenvalue weighted by Crippen LogP contribution is 2.30. The minimum Gasteiger partial charge on any atom is -0.507 e. The smallest absolute Gasteiger partial charge is 0.123 e. The van der Waals surface area contributed by atoms with Crippen molar-refractivity contribution in [3.63, 3.8) is 0 Å². The summed E-state index contributed by atoms with van der Waals surface area (Å²) in [5.41, 5.74) is 1.96. The second-order valence-corrected chi connectivity index (χ2v) is 5.68. The van der Waals surface area contributed by atoms with Crippen LogP contribution in [0, 0.1) is 0 Å². The van der Waals surface area contributed by atoms with E-state index in [1.807, 2.05) is 42.5 Å². The maximum Gasteiger partial charge on any atom is 0.123 e. The number of halogens is 2. The number of benzene rings is 3. The maximum atomic E-state index is 9.89. The SMILES string of the molecule is Oc1cccc2c(NCc3cc(Cl)cc(Cl)c3)cccc12. The van der Waals surface area contributed by atoms with Gasteiger partial charge in [0.25, 0.3) is 0 Å². The first-order valence-electron chi connectivity index (χ1n) is 6.53. The van der Waals surface area contributed by atoms with Crippen molar-refractivity contribution in [3.8, 4) is 5.75 Å². The predicted octanol–water partition coefficient (Wildman–Crippen LogP) is 5.46. The van der Waals surface area contributed by atoms with Crippen molar-refractivity contribution < 1.29 is 5.11 Å². The molecule has 2 N–H and O–H groups in total. The Kier molecular flexibility index (Phi) is 3.91. The minimum atomic E-state index is 0.280. The van der Waals surface area contributed by atoms with Gasteiger partial charge in [0.2, 0.25) is 0 Å². The zero-order valence-electron chi connectivity index (χ0n) is 11.1. The molecule has 0 aliphatic rings. The molecule has 0 unspecified atom stereocenters. The lowest BCUT2D eigenvalue weighted by Gasteiger charge is -2.11. The van der Waals surface area contributed by atoms with E-state index in [-0.39, 0.29) is 5.75 Å². The van der Waals surface area contributed by atoms with Crippen LogP contribution in [0.2, 0.25) is 10.0 Å². The van der Waals surface area contributed by atoms with Crippen LogP contribution < -0.4 is 5.32 Å². The van der Waals surface area contributed by atoms with Crippen molar-refractivity contribution in [2.45, 2.75) is 6.54 Å². The van der Waals surface area contributed by atoms with E-state index in [0.29, 0.717) is 16.6 Å². The van der Waals surface area contributed by atoms with Gasteiger partial charge in [-0.1, -0.05) is 47.5 Å². The molecule has 0 saturated carbocycles. The van der Waals surface area contributed by atoms with Crippen molar-refractivity contribution in [2.75, 3.05) is 5.32 Å². The zero-order chi connectivity index (χ0) is 14.8. The first-order chi connectivity index (χ1) is 10.1. The Morgan fingerprint density at radius 2 is 1.52 bits per heavy atom. The second kappa shape index (κ2) is 5.84. The quantitative estimate of drug-likeness (QED) is 0.671. The number of fused-ring (bicyclic) bond motifs is 1. The molecule has 0 aliphatic heterocycles. The van der Waals surface area contributed by atoms with Crippen molar-refractivity contribution in [2.24, 2.45) is 0 Å². The Bertz CT molecular complexity index is 782. The summed E-state index contributed by atoms with van der Waals surface area (Å²) >= 11 is 12.0. The van der Waals surface area contributed by atoms with Gasteiger partial charge >= 0.3 is 0 Å². The molecule has 0 atom stereocenters. The summed E-state index contributed by atoms with van der Waals surface area (Å²) < 4.78 is 0. The molecule has 0 radical (unpaired) electrons. The molecule has 2 nitrogen and oxygen atoms in total. The molecule has 0 heterocycles. The van der Waals surface area contributed by atoms with Crippen molar-refractivity contribution in [1.82, 2.24) is 0 Å². The number of anilines is 1. The maximum absolute atomic E-state index is 9.89.